The summed E-state index contributed by atoms with van der Waals surface area (Å²) in [7, 11) is 0. The van der Waals surface area contributed by atoms with E-state index in [9.17, 15) is 4.39 Å². The largest absolute Gasteiger partial charge is 0.327 e. The van der Waals surface area contributed by atoms with E-state index in [1.165, 1.54) is 0 Å². The lowest BCUT2D eigenvalue weighted by Gasteiger charge is -2.19. The van der Waals surface area contributed by atoms with E-state index in [-0.39, 0.29) is 11.9 Å². The molecule has 0 amide bonds. The van der Waals surface area contributed by atoms with Crippen LogP contribution in [0.4, 0.5) is 4.39 Å². The van der Waals surface area contributed by atoms with Crippen LogP contribution in [0.1, 0.15) is 43.2 Å². The molecule has 0 fully saturated rings. The molecule has 2 atom stereocenters. The molecule has 15 heavy (non-hydrogen) atoms. The van der Waals surface area contributed by atoms with Gasteiger partial charge in [0.2, 0.25) is 0 Å². The maximum Gasteiger partial charge on any atom is 0.126 e. The molecule has 1 nitrogen and oxygen atoms in total. The van der Waals surface area contributed by atoms with Gasteiger partial charge in [0.1, 0.15) is 5.82 Å². The van der Waals surface area contributed by atoms with Gasteiger partial charge in [-0.1, -0.05) is 25.5 Å². The van der Waals surface area contributed by atoms with Crippen molar-refractivity contribution in [2.24, 2.45) is 5.73 Å². The number of hydrogen-bond acceptors (Lipinski definition) is 1. The number of benzene rings is 1. The van der Waals surface area contributed by atoms with Gasteiger partial charge >= 0.3 is 0 Å². The minimum atomic E-state index is -0.0568. The Labute approximate surface area is 90.5 Å². The van der Waals surface area contributed by atoms with E-state index in [1.807, 2.05) is 6.07 Å². The van der Waals surface area contributed by atoms with E-state index < -0.39 is 0 Å². The molecule has 2 heteroatoms. The van der Waals surface area contributed by atoms with Crippen LogP contribution in [-0.2, 0) is 6.42 Å². The summed E-state index contributed by atoms with van der Waals surface area (Å²) >= 11 is 0. The Bertz CT molecular complexity index is 348. The summed E-state index contributed by atoms with van der Waals surface area (Å²) in [5.74, 6) is 0.314. The van der Waals surface area contributed by atoms with Crippen molar-refractivity contribution in [3.8, 4) is 0 Å². The molecule has 0 aromatic heterocycles. The van der Waals surface area contributed by atoms with E-state index in [4.69, 9.17) is 5.73 Å². The van der Waals surface area contributed by atoms with Gasteiger partial charge in [-0.2, -0.15) is 0 Å². The monoisotopic (exact) mass is 207 g/mol. The predicted octanol–water partition coefficient (Wildman–Crippen LogP) is 2.98. The Balaban J connectivity index is 2.25. The molecular weight excluding hydrogens is 189 g/mol. The molecule has 2 unspecified atom stereocenters. The zero-order chi connectivity index (χ0) is 10.8. The van der Waals surface area contributed by atoms with Crippen molar-refractivity contribution >= 4 is 0 Å². The second kappa shape index (κ2) is 4.31. The molecule has 1 aromatic rings. The predicted molar refractivity (Wildman–Crippen MR) is 60.3 cm³/mol. The first-order chi connectivity index (χ1) is 7.24. The van der Waals surface area contributed by atoms with Crippen LogP contribution in [0.15, 0.2) is 18.2 Å². The van der Waals surface area contributed by atoms with E-state index in [1.54, 1.807) is 12.1 Å². The Morgan fingerprint density at radius 2 is 2.33 bits per heavy atom. The highest BCUT2D eigenvalue weighted by atomic mass is 19.1. The lowest BCUT2D eigenvalue weighted by Crippen LogP contribution is -2.26. The maximum absolute atomic E-state index is 13.5. The average molecular weight is 207 g/mol. The second-order valence-corrected chi connectivity index (χ2v) is 4.41. The summed E-state index contributed by atoms with van der Waals surface area (Å²) in [5, 5.41) is 0. The van der Waals surface area contributed by atoms with E-state index in [2.05, 4.69) is 6.92 Å². The number of hydrogen-bond donors (Lipinski definition) is 1. The number of fused-ring (bicyclic) bond motifs is 1. The minimum absolute atomic E-state index is 0.0568. The lowest BCUT2D eigenvalue weighted by atomic mass is 9.91. The third-order valence-electron chi connectivity index (χ3n) is 3.40. The van der Waals surface area contributed by atoms with Gasteiger partial charge in [-0.3, -0.25) is 0 Å². The summed E-state index contributed by atoms with van der Waals surface area (Å²) in [6.45, 7) is 2.14. The Hall–Kier alpha value is -0.890. The van der Waals surface area contributed by atoms with Gasteiger partial charge < -0.3 is 5.73 Å². The van der Waals surface area contributed by atoms with Crippen LogP contribution in [0.2, 0.25) is 0 Å². The van der Waals surface area contributed by atoms with Crippen molar-refractivity contribution in [3.05, 3.63) is 35.1 Å². The van der Waals surface area contributed by atoms with Crippen LogP contribution >= 0.6 is 0 Å². The zero-order valence-electron chi connectivity index (χ0n) is 9.17. The fourth-order valence-electron chi connectivity index (χ4n) is 2.62. The SMILES string of the molecule is CCCC(N)C1CCc2c(F)cccc21. The lowest BCUT2D eigenvalue weighted by molar-refractivity contribution is 0.492. The van der Waals surface area contributed by atoms with Crippen molar-refractivity contribution in [1.82, 2.24) is 0 Å². The summed E-state index contributed by atoms with van der Waals surface area (Å²) in [6.07, 6.45) is 3.99. The Morgan fingerprint density at radius 1 is 1.53 bits per heavy atom. The van der Waals surface area contributed by atoms with Gasteiger partial charge in [-0.05, 0) is 42.4 Å². The first-order valence-electron chi connectivity index (χ1n) is 5.77. The number of nitrogens with two attached hydrogens (primary N) is 1. The first-order valence-corrected chi connectivity index (χ1v) is 5.77. The highest BCUT2D eigenvalue weighted by molar-refractivity contribution is 5.37. The van der Waals surface area contributed by atoms with Crippen LogP contribution in [0.25, 0.3) is 0 Å². The van der Waals surface area contributed by atoms with Crippen molar-refractivity contribution in [3.63, 3.8) is 0 Å². The minimum Gasteiger partial charge on any atom is -0.327 e. The molecular formula is C13H18FN. The van der Waals surface area contributed by atoms with E-state index in [0.29, 0.717) is 5.92 Å². The number of rotatable bonds is 3. The van der Waals surface area contributed by atoms with Crippen LogP contribution < -0.4 is 5.73 Å². The summed E-state index contributed by atoms with van der Waals surface area (Å²) in [4.78, 5) is 0. The molecule has 0 radical (unpaired) electrons. The molecule has 0 aliphatic heterocycles. The Kier molecular flexibility index (Phi) is 3.06. The average Bonchev–Trinajstić information content (AvgIpc) is 2.63. The highest BCUT2D eigenvalue weighted by Gasteiger charge is 2.28. The summed E-state index contributed by atoms with van der Waals surface area (Å²) < 4.78 is 13.5. The van der Waals surface area contributed by atoms with Crippen LogP contribution in [-0.4, -0.2) is 6.04 Å². The Morgan fingerprint density at radius 3 is 3.07 bits per heavy atom. The summed E-state index contributed by atoms with van der Waals surface area (Å²) in [6, 6.07) is 5.57. The molecule has 2 rings (SSSR count). The molecule has 0 saturated carbocycles. The third kappa shape index (κ3) is 1.91. The zero-order valence-corrected chi connectivity index (χ0v) is 9.17. The number of halogens is 1. The maximum atomic E-state index is 13.5. The fourth-order valence-corrected chi connectivity index (χ4v) is 2.62. The van der Waals surface area contributed by atoms with Gasteiger partial charge in [0.05, 0.1) is 0 Å². The van der Waals surface area contributed by atoms with Crippen molar-refractivity contribution < 1.29 is 4.39 Å². The molecule has 0 bridgehead atoms. The standard InChI is InChI=1S/C13H18FN/c1-2-4-13(15)11-8-7-10-9(11)5-3-6-12(10)14/h3,5-6,11,13H,2,4,7-8,15H2,1H3. The van der Waals surface area contributed by atoms with Gasteiger partial charge in [0.15, 0.2) is 0 Å². The molecule has 0 spiro atoms. The normalized spacial score (nSPS) is 21.4. The quantitative estimate of drug-likeness (QED) is 0.810. The molecule has 0 saturated heterocycles. The molecule has 1 aliphatic rings. The van der Waals surface area contributed by atoms with Crippen LogP contribution in [0, 0.1) is 5.82 Å². The second-order valence-electron chi connectivity index (χ2n) is 4.41. The van der Waals surface area contributed by atoms with E-state index in [0.717, 1.165) is 36.8 Å². The first kappa shape index (κ1) is 10.6. The van der Waals surface area contributed by atoms with Crippen molar-refractivity contribution in [1.29, 1.82) is 0 Å². The van der Waals surface area contributed by atoms with Gasteiger partial charge in [-0.15, -0.1) is 0 Å². The fraction of sp³-hybridized carbons (Fsp3) is 0.538. The smallest absolute Gasteiger partial charge is 0.126 e. The topological polar surface area (TPSA) is 26.0 Å². The van der Waals surface area contributed by atoms with Crippen LogP contribution in [0.5, 0.6) is 0 Å². The molecule has 2 N–H and O–H groups in total. The van der Waals surface area contributed by atoms with Crippen molar-refractivity contribution in [2.75, 3.05) is 0 Å². The van der Waals surface area contributed by atoms with Gasteiger partial charge in [-0.25, -0.2) is 4.39 Å². The highest BCUT2D eigenvalue weighted by Crippen LogP contribution is 2.37. The van der Waals surface area contributed by atoms with Gasteiger partial charge in [0, 0.05) is 6.04 Å². The van der Waals surface area contributed by atoms with E-state index >= 15 is 0 Å². The molecule has 0 heterocycles. The molecule has 1 aromatic carbocycles. The molecule has 1 aliphatic carbocycles. The van der Waals surface area contributed by atoms with Crippen LogP contribution in [0.3, 0.4) is 0 Å². The third-order valence-corrected chi connectivity index (χ3v) is 3.40. The molecule has 82 valence electrons. The summed E-state index contributed by atoms with van der Waals surface area (Å²) in [5.41, 5.74) is 8.18. The van der Waals surface area contributed by atoms with Crippen molar-refractivity contribution in [2.45, 2.75) is 44.6 Å². The van der Waals surface area contributed by atoms with Gasteiger partial charge in [0.25, 0.3) is 0 Å².